The largest absolute Gasteiger partial charge is 0.322 e. The molecular formula is C22H14BrFN2O. The maximum Gasteiger partial charge on any atom is 0.256 e. The molecule has 0 aliphatic rings. The van der Waals surface area contributed by atoms with Gasteiger partial charge in [-0.3, -0.25) is 4.79 Å². The molecule has 0 saturated heterocycles. The van der Waals surface area contributed by atoms with E-state index in [9.17, 15) is 9.18 Å². The lowest BCUT2D eigenvalue weighted by molar-refractivity contribution is 0.102. The normalized spacial score (nSPS) is 10.7. The number of nitrogens with zero attached hydrogens (tertiary/aromatic N) is 1. The van der Waals surface area contributed by atoms with Crippen molar-refractivity contribution in [2.45, 2.75) is 0 Å². The number of carbonyl (C=O) groups is 1. The Morgan fingerprint density at radius 2 is 1.74 bits per heavy atom. The number of anilines is 1. The lowest BCUT2D eigenvalue weighted by atomic mass is 10.0. The van der Waals surface area contributed by atoms with E-state index in [2.05, 4.69) is 26.2 Å². The number of pyridine rings is 1. The van der Waals surface area contributed by atoms with Crippen molar-refractivity contribution < 1.29 is 9.18 Å². The minimum Gasteiger partial charge on any atom is -0.322 e. The highest BCUT2D eigenvalue weighted by molar-refractivity contribution is 9.10. The quantitative estimate of drug-likeness (QED) is 0.437. The Morgan fingerprint density at radius 3 is 2.52 bits per heavy atom. The van der Waals surface area contributed by atoms with Gasteiger partial charge in [0.25, 0.3) is 5.91 Å². The summed E-state index contributed by atoms with van der Waals surface area (Å²) >= 11 is 3.45. The van der Waals surface area contributed by atoms with Crippen LogP contribution in [0.1, 0.15) is 10.4 Å². The minimum atomic E-state index is -0.403. The smallest absolute Gasteiger partial charge is 0.256 e. The summed E-state index contributed by atoms with van der Waals surface area (Å²) in [6, 6.07) is 22.9. The highest BCUT2D eigenvalue weighted by Crippen LogP contribution is 2.28. The van der Waals surface area contributed by atoms with Crippen LogP contribution in [0, 0.1) is 5.82 Å². The van der Waals surface area contributed by atoms with Crippen molar-refractivity contribution in [3.8, 4) is 11.3 Å². The van der Waals surface area contributed by atoms with Crippen LogP contribution < -0.4 is 5.32 Å². The van der Waals surface area contributed by atoms with Crippen molar-refractivity contribution >= 4 is 38.4 Å². The first-order valence-corrected chi connectivity index (χ1v) is 9.12. The van der Waals surface area contributed by atoms with E-state index in [0.29, 0.717) is 22.5 Å². The molecule has 0 aliphatic carbocycles. The molecule has 3 aromatic carbocycles. The number of hydrogen-bond donors (Lipinski definition) is 1. The van der Waals surface area contributed by atoms with Gasteiger partial charge in [0.2, 0.25) is 0 Å². The van der Waals surface area contributed by atoms with Gasteiger partial charge in [-0.2, -0.15) is 0 Å². The van der Waals surface area contributed by atoms with Gasteiger partial charge in [0.05, 0.1) is 16.8 Å². The number of aromatic nitrogens is 1. The Kier molecular flexibility index (Phi) is 4.69. The summed E-state index contributed by atoms with van der Waals surface area (Å²) in [5.74, 6) is -0.719. The van der Waals surface area contributed by atoms with E-state index in [1.54, 1.807) is 18.2 Å². The fraction of sp³-hybridized carbons (Fsp3) is 0. The van der Waals surface area contributed by atoms with Gasteiger partial charge in [-0.25, -0.2) is 9.37 Å². The second-order valence-corrected chi connectivity index (χ2v) is 6.96. The van der Waals surface area contributed by atoms with Gasteiger partial charge < -0.3 is 5.32 Å². The average Bonchev–Trinajstić information content (AvgIpc) is 2.68. The van der Waals surface area contributed by atoms with Crippen LogP contribution in [0.4, 0.5) is 10.1 Å². The molecule has 4 aromatic rings. The van der Waals surface area contributed by atoms with Crippen LogP contribution in [0.25, 0.3) is 22.2 Å². The maximum atomic E-state index is 13.4. The Balaban J connectivity index is 1.84. The number of hydrogen-bond acceptors (Lipinski definition) is 2. The molecule has 1 heterocycles. The summed E-state index contributed by atoms with van der Waals surface area (Å²) in [5.41, 5.74) is 3.21. The summed E-state index contributed by atoms with van der Waals surface area (Å²) in [5, 5.41) is 3.49. The summed E-state index contributed by atoms with van der Waals surface area (Å²) in [4.78, 5) is 17.6. The van der Waals surface area contributed by atoms with Crippen molar-refractivity contribution in [1.82, 2.24) is 4.98 Å². The molecule has 1 amide bonds. The predicted octanol–water partition coefficient (Wildman–Crippen LogP) is 6.06. The van der Waals surface area contributed by atoms with E-state index < -0.39 is 5.82 Å². The fourth-order valence-corrected chi connectivity index (χ4v) is 3.27. The highest BCUT2D eigenvalue weighted by Gasteiger charge is 2.15. The number of fused-ring (bicyclic) bond motifs is 1. The van der Waals surface area contributed by atoms with Crippen LogP contribution in [0.5, 0.6) is 0 Å². The van der Waals surface area contributed by atoms with E-state index >= 15 is 0 Å². The maximum absolute atomic E-state index is 13.4. The molecule has 4 rings (SSSR count). The molecule has 1 N–H and O–H groups in total. The van der Waals surface area contributed by atoms with Crippen LogP contribution in [0.15, 0.2) is 83.3 Å². The lowest BCUT2D eigenvalue weighted by Crippen LogP contribution is -2.13. The second-order valence-electron chi connectivity index (χ2n) is 6.05. The number of amides is 1. The summed E-state index contributed by atoms with van der Waals surface area (Å²) in [7, 11) is 0. The molecule has 5 heteroatoms. The van der Waals surface area contributed by atoms with Crippen molar-refractivity contribution in [2.24, 2.45) is 0 Å². The van der Waals surface area contributed by atoms with Crippen LogP contribution in [0.3, 0.4) is 0 Å². The van der Waals surface area contributed by atoms with Crippen molar-refractivity contribution in [3.05, 3.63) is 94.7 Å². The van der Waals surface area contributed by atoms with Crippen LogP contribution in [-0.2, 0) is 0 Å². The molecule has 0 saturated carbocycles. The molecule has 3 nitrogen and oxygen atoms in total. The van der Waals surface area contributed by atoms with E-state index in [4.69, 9.17) is 0 Å². The molecule has 132 valence electrons. The summed E-state index contributed by atoms with van der Waals surface area (Å²) in [6.07, 6.45) is 0. The summed E-state index contributed by atoms with van der Waals surface area (Å²) in [6.45, 7) is 0. The van der Waals surface area contributed by atoms with E-state index in [1.807, 2.05) is 48.5 Å². The number of nitrogens with one attached hydrogen (secondary N) is 1. The van der Waals surface area contributed by atoms with Gasteiger partial charge in [0.1, 0.15) is 5.82 Å². The third-order valence-electron chi connectivity index (χ3n) is 4.17. The van der Waals surface area contributed by atoms with Crippen molar-refractivity contribution in [1.29, 1.82) is 0 Å². The molecule has 0 radical (unpaired) electrons. The monoisotopic (exact) mass is 420 g/mol. The zero-order chi connectivity index (χ0) is 18.8. The molecular weight excluding hydrogens is 407 g/mol. The first-order chi connectivity index (χ1) is 13.1. The first-order valence-electron chi connectivity index (χ1n) is 8.33. The Bertz CT molecular complexity index is 1150. The van der Waals surface area contributed by atoms with E-state index in [0.717, 1.165) is 15.4 Å². The predicted molar refractivity (Wildman–Crippen MR) is 109 cm³/mol. The SMILES string of the molecule is O=C(Nc1cccc(F)c1)c1cc(-c2ccccc2)nc2ccc(Br)cc12. The molecule has 0 bridgehead atoms. The molecule has 0 spiro atoms. The van der Waals surface area contributed by atoms with Crippen molar-refractivity contribution in [2.75, 3.05) is 5.32 Å². The number of halogens is 2. The Hall–Kier alpha value is -3.05. The summed E-state index contributed by atoms with van der Waals surface area (Å²) < 4.78 is 14.3. The Morgan fingerprint density at radius 1 is 0.926 bits per heavy atom. The zero-order valence-corrected chi connectivity index (χ0v) is 15.7. The standard InChI is InChI=1S/C22H14BrFN2O/c23-15-9-10-20-18(11-15)19(13-21(26-20)14-5-2-1-3-6-14)22(27)25-17-8-4-7-16(24)12-17/h1-13H,(H,25,27). The molecule has 0 aliphatic heterocycles. The van der Waals surface area contributed by atoms with Gasteiger partial charge in [0.15, 0.2) is 0 Å². The van der Waals surface area contributed by atoms with Gasteiger partial charge >= 0.3 is 0 Å². The third-order valence-corrected chi connectivity index (χ3v) is 4.66. The van der Waals surface area contributed by atoms with E-state index in [-0.39, 0.29) is 5.91 Å². The van der Waals surface area contributed by atoms with Crippen molar-refractivity contribution in [3.63, 3.8) is 0 Å². The molecule has 1 aromatic heterocycles. The Labute approximate surface area is 164 Å². The minimum absolute atomic E-state index is 0.316. The van der Waals surface area contributed by atoms with Gasteiger partial charge in [-0.05, 0) is 42.5 Å². The zero-order valence-electron chi connectivity index (χ0n) is 14.1. The molecule has 0 atom stereocenters. The van der Waals surface area contributed by atoms with Crippen LogP contribution in [-0.4, -0.2) is 10.9 Å². The lowest BCUT2D eigenvalue weighted by Gasteiger charge is -2.11. The molecule has 27 heavy (non-hydrogen) atoms. The number of carbonyl (C=O) groups excluding carboxylic acids is 1. The number of benzene rings is 3. The fourth-order valence-electron chi connectivity index (χ4n) is 2.91. The molecule has 0 unspecified atom stereocenters. The van der Waals surface area contributed by atoms with E-state index in [1.165, 1.54) is 12.1 Å². The van der Waals surface area contributed by atoms with Gasteiger partial charge in [-0.15, -0.1) is 0 Å². The van der Waals surface area contributed by atoms with Crippen LogP contribution >= 0.6 is 15.9 Å². The van der Waals surface area contributed by atoms with Crippen LogP contribution in [0.2, 0.25) is 0 Å². The first kappa shape index (κ1) is 17.4. The van der Waals surface area contributed by atoms with Gasteiger partial charge in [0, 0.05) is 21.1 Å². The van der Waals surface area contributed by atoms with Gasteiger partial charge in [-0.1, -0.05) is 52.3 Å². The second kappa shape index (κ2) is 7.29. The highest BCUT2D eigenvalue weighted by atomic mass is 79.9. The average molecular weight is 421 g/mol. The third kappa shape index (κ3) is 3.73. The molecule has 0 fully saturated rings. The number of rotatable bonds is 3. The topological polar surface area (TPSA) is 42.0 Å².